The van der Waals surface area contributed by atoms with Gasteiger partial charge in [-0.1, -0.05) is 35.9 Å². The number of nitrogens with one attached hydrogen (secondary N) is 1. The molecule has 1 aliphatic rings. The summed E-state index contributed by atoms with van der Waals surface area (Å²) in [4.78, 5) is 7.09. The highest BCUT2D eigenvalue weighted by Crippen LogP contribution is 2.35. The Morgan fingerprint density at radius 3 is 2.50 bits per heavy atom. The summed E-state index contributed by atoms with van der Waals surface area (Å²) in [5, 5.41) is 13.0. The second kappa shape index (κ2) is 9.06. The topological polar surface area (TPSA) is 76.3 Å². The van der Waals surface area contributed by atoms with Crippen molar-refractivity contribution in [1.29, 1.82) is 0 Å². The molecule has 0 atom stereocenters. The fourth-order valence-electron chi connectivity index (χ4n) is 4.04. The first-order valence-corrected chi connectivity index (χ1v) is 11.0. The number of benzene rings is 2. The molecule has 0 bridgehead atoms. The maximum absolute atomic E-state index is 5.75. The van der Waals surface area contributed by atoms with Gasteiger partial charge in [0.25, 0.3) is 5.89 Å². The molecule has 0 aliphatic carbocycles. The van der Waals surface area contributed by atoms with Gasteiger partial charge in [0, 0.05) is 44.7 Å². The average Bonchev–Trinajstić information content (AvgIpc) is 3.26. The van der Waals surface area contributed by atoms with Crippen molar-refractivity contribution in [3.05, 3.63) is 60.1 Å². The Balaban J connectivity index is 1.53. The maximum Gasteiger partial charge on any atom is 0.251 e. The van der Waals surface area contributed by atoms with Gasteiger partial charge in [-0.3, -0.25) is 9.88 Å². The molecule has 0 spiro atoms. The molecule has 1 aliphatic heterocycles. The first kappa shape index (κ1) is 20.6. The van der Waals surface area contributed by atoms with E-state index in [1.807, 2.05) is 6.20 Å². The fraction of sp³-hybridized carbons (Fsp3) is 0.320. The zero-order valence-electron chi connectivity index (χ0n) is 18.5. The van der Waals surface area contributed by atoms with Crippen molar-refractivity contribution >= 4 is 16.6 Å². The number of nitrogens with zero attached hydrogens (tertiary/aromatic N) is 4. The Morgan fingerprint density at radius 1 is 0.969 bits per heavy atom. The van der Waals surface area contributed by atoms with Gasteiger partial charge in [-0.05, 0) is 30.2 Å². The second-order valence-electron chi connectivity index (χ2n) is 8.15. The van der Waals surface area contributed by atoms with Crippen LogP contribution in [0.15, 0.2) is 53.1 Å². The van der Waals surface area contributed by atoms with E-state index in [0.29, 0.717) is 11.8 Å². The summed E-state index contributed by atoms with van der Waals surface area (Å²) < 4.78 is 11.2. The largest absolute Gasteiger partial charge is 0.421 e. The zero-order chi connectivity index (χ0) is 21.9. The van der Waals surface area contributed by atoms with Crippen LogP contribution in [-0.4, -0.2) is 59.5 Å². The number of fused-ring (bicyclic) bond motifs is 1. The van der Waals surface area contributed by atoms with Crippen LogP contribution in [0.3, 0.4) is 0 Å². The molecule has 7 nitrogen and oxygen atoms in total. The van der Waals surface area contributed by atoms with Crippen molar-refractivity contribution in [2.75, 3.05) is 44.7 Å². The van der Waals surface area contributed by atoms with Crippen molar-refractivity contribution < 1.29 is 9.15 Å². The lowest BCUT2D eigenvalue weighted by atomic mass is 10.0. The van der Waals surface area contributed by atoms with Crippen LogP contribution in [0.5, 0.6) is 0 Å². The molecule has 1 fully saturated rings. The van der Waals surface area contributed by atoms with Crippen LogP contribution in [0.25, 0.3) is 33.5 Å². The van der Waals surface area contributed by atoms with Gasteiger partial charge in [-0.2, -0.15) is 0 Å². The molecule has 4 aromatic rings. The molecule has 164 valence electrons. The third kappa shape index (κ3) is 4.35. The summed E-state index contributed by atoms with van der Waals surface area (Å²) in [5.41, 5.74) is 6.29. The molecular formula is C25H27N5O2. The fourth-order valence-corrected chi connectivity index (χ4v) is 4.04. The number of ether oxygens (including phenoxy) is 1. The van der Waals surface area contributed by atoms with Crippen molar-refractivity contribution in [3.8, 4) is 22.6 Å². The lowest BCUT2D eigenvalue weighted by molar-refractivity contribution is 0.0398. The number of anilines is 1. The van der Waals surface area contributed by atoms with Gasteiger partial charge in [0.15, 0.2) is 0 Å². The summed E-state index contributed by atoms with van der Waals surface area (Å²) in [6.45, 7) is 9.16. The van der Waals surface area contributed by atoms with Crippen molar-refractivity contribution in [2.45, 2.75) is 13.8 Å². The number of aromatic nitrogens is 3. The van der Waals surface area contributed by atoms with Crippen LogP contribution in [-0.2, 0) is 4.74 Å². The van der Waals surface area contributed by atoms with E-state index in [2.05, 4.69) is 74.8 Å². The van der Waals surface area contributed by atoms with Gasteiger partial charge in [-0.25, -0.2) is 0 Å². The molecule has 0 radical (unpaired) electrons. The van der Waals surface area contributed by atoms with Crippen LogP contribution in [0.2, 0.25) is 0 Å². The van der Waals surface area contributed by atoms with Gasteiger partial charge in [0.05, 0.1) is 30.0 Å². The van der Waals surface area contributed by atoms with Crippen LogP contribution in [0, 0.1) is 13.8 Å². The molecular weight excluding hydrogens is 402 g/mol. The number of pyridine rings is 1. The summed E-state index contributed by atoms with van der Waals surface area (Å²) in [5.74, 6) is 1.01. The molecule has 0 unspecified atom stereocenters. The molecule has 7 heteroatoms. The van der Waals surface area contributed by atoms with Gasteiger partial charge >= 0.3 is 0 Å². The molecule has 2 aromatic carbocycles. The summed E-state index contributed by atoms with van der Waals surface area (Å²) in [6, 6.07) is 15.0. The van der Waals surface area contributed by atoms with E-state index in [1.54, 1.807) is 6.92 Å². The predicted molar refractivity (Wildman–Crippen MR) is 126 cm³/mol. The number of aryl methyl sites for hydroxylation is 2. The lowest BCUT2D eigenvalue weighted by Gasteiger charge is -2.27. The standard InChI is InChI=1S/C25H27N5O2/c1-17-3-5-19(6-4-17)20-7-8-23-21(15-20)24(26-9-10-30-11-13-31-14-12-30)22(16-27-23)25-29-28-18(2)32-25/h3-8,15-16H,9-14H2,1-2H3,(H,26,27). The highest BCUT2D eigenvalue weighted by atomic mass is 16.5. The first-order valence-electron chi connectivity index (χ1n) is 11.0. The molecule has 0 amide bonds. The molecule has 5 rings (SSSR count). The van der Waals surface area contributed by atoms with Gasteiger partial charge in [0.1, 0.15) is 0 Å². The summed E-state index contributed by atoms with van der Waals surface area (Å²) in [6.07, 6.45) is 1.82. The van der Waals surface area contributed by atoms with Crippen LogP contribution < -0.4 is 5.32 Å². The highest BCUT2D eigenvalue weighted by Gasteiger charge is 2.17. The van der Waals surface area contributed by atoms with Crippen molar-refractivity contribution in [3.63, 3.8) is 0 Å². The van der Waals surface area contributed by atoms with Crippen LogP contribution >= 0.6 is 0 Å². The predicted octanol–water partition coefficient (Wildman–Crippen LogP) is 4.31. The maximum atomic E-state index is 5.75. The smallest absolute Gasteiger partial charge is 0.251 e. The van der Waals surface area contributed by atoms with Gasteiger partial charge in [0.2, 0.25) is 5.89 Å². The Morgan fingerprint density at radius 2 is 1.75 bits per heavy atom. The molecule has 0 saturated carbocycles. The molecule has 1 saturated heterocycles. The molecule has 3 heterocycles. The van der Waals surface area contributed by atoms with E-state index >= 15 is 0 Å². The Labute approximate surface area is 187 Å². The Kier molecular flexibility index (Phi) is 5.83. The third-order valence-electron chi connectivity index (χ3n) is 5.84. The average molecular weight is 430 g/mol. The summed E-state index contributed by atoms with van der Waals surface area (Å²) in [7, 11) is 0. The minimum atomic E-state index is 0.478. The van der Waals surface area contributed by atoms with Crippen LogP contribution in [0.4, 0.5) is 5.69 Å². The highest BCUT2D eigenvalue weighted by molar-refractivity contribution is 6.00. The SMILES string of the molecule is Cc1ccc(-c2ccc3ncc(-c4nnc(C)o4)c(NCCN4CCOCC4)c3c2)cc1. The minimum absolute atomic E-state index is 0.478. The minimum Gasteiger partial charge on any atom is -0.421 e. The number of rotatable bonds is 6. The van der Waals surface area contributed by atoms with Gasteiger partial charge in [-0.15, -0.1) is 10.2 Å². The van der Waals surface area contributed by atoms with Crippen molar-refractivity contribution in [1.82, 2.24) is 20.1 Å². The van der Waals surface area contributed by atoms with E-state index in [9.17, 15) is 0 Å². The van der Waals surface area contributed by atoms with E-state index in [4.69, 9.17) is 9.15 Å². The van der Waals surface area contributed by atoms with E-state index in [1.165, 1.54) is 11.1 Å². The number of morpholine rings is 1. The molecule has 32 heavy (non-hydrogen) atoms. The normalized spacial score (nSPS) is 14.7. The Hall–Kier alpha value is -3.29. The van der Waals surface area contributed by atoms with Gasteiger partial charge < -0.3 is 14.5 Å². The molecule has 2 aromatic heterocycles. The first-order chi connectivity index (χ1) is 15.7. The van der Waals surface area contributed by atoms with E-state index in [0.717, 1.165) is 67.1 Å². The van der Waals surface area contributed by atoms with E-state index < -0.39 is 0 Å². The van der Waals surface area contributed by atoms with Crippen LogP contribution in [0.1, 0.15) is 11.5 Å². The monoisotopic (exact) mass is 429 g/mol. The lowest BCUT2D eigenvalue weighted by Crippen LogP contribution is -2.39. The third-order valence-corrected chi connectivity index (χ3v) is 5.84. The van der Waals surface area contributed by atoms with Crippen molar-refractivity contribution in [2.24, 2.45) is 0 Å². The summed E-state index contributed by atoms with van der Waals surface area (Å²) >= 11 is 0. The Bertz CT molecular complexity index is 1210. The molecule has 1 N–H and O–H groups in total. The van der Waals surface area contributed by atoms with E-state index in [-0.39, 0.29) is 0 Å². The zero-order valence-corrected chi connectivity index (χ0v) is 18.5. The number of hydrogen-bond donors (Lipinski definition) is 1. The quantitative estimate of drug-likeness (QED) is 0.489. The second-order valence-corrected chi connectivity index (χ2v) is 8.15. The number of hydrogen-bond acceptors (Lipinski definition) is 7.